The standard InChI is InChI=1S/C24H33N7/c1-20(23-8-10-24(30-29)11-9-23)31(18-21(12-16-27)6-2-4-14-25)19-22(13-17-28)7-3-5-15-26/h8-11,21-22,29H,1-7,12-14,18-19,25H2. The number of hydrogen-bond acceptors (Lipinski definition) is 7. The van der Waals surface area contributed by atoms with Gasteiger partial charge in [0.25, 0.3) is 0 Å². The predicted octanol–water partition coefficient (Wildman–Crippen LogP) is 5.50. The third-order valence-electron chi connectivity index (χ3n) is 5.40. The summed E-state index contributed by atoms with van der Waals surface area (Å²) in [6.45, 7) is 6.29. The SMILES string of the molecule is C=C(c1ccc(N=N)cc1)N(CC(CC#N)CCCC#N)CC(CC#N)CCCCN. The van der Waals surface area contributed by atoms with E-state index in [0.29, 0.717) is 44.6 Å². The molecular formula is C24H33N7. The van der Waals surface area contributed by atoms with Crippen LogP contribution in [0.1, 0.15) is 56.9 Å². The van der Waals surface area contributed by atoms with E-state index in [1.165, 1.54) is 0 Å². The van der Waals surface area contributed by atoms with Crippen LogP contribution in [0.25, 0.3) is 5.70 Å². The molecule has 7 nitrogen and oxygen atoms in total. The number of unbranched alkanes of at least 4 members (excludes halogenated alkanes) is 2. The van der Waals surface area contributed by atoms with Crippen LogP contribution in [0.2, 0.25) is 0 Å². The highest BCUT2D eigenvalue weighted by Gasteiger charge is 2.20. The second-order valence-corrected chi connectivity index (χ2v) is 7.80. The summed E-state index contributed by atoms with van der Waals surface area (Å²) in [5.74, 6) is 0.321. The lowest BCUT2D eigenvalue weighted by Gasteiger charge is -2.33. The van der Waals surface area contributed by atoms with Crippen molar-refractivity contribution in [3.05, 3.63) is 36.4 Å². The summed E-state index contributed by atoms with van der Waals surface area (Å²) in [7, 11) is 0. The molecule has 0 radical (unpaired) electrons. The van der Waals surface area contributed by atoms with Crippen molar-refractivity contribution in [2.24, 2.45) is 22.7 Å². The van der Waals surface area contributed by atoms with Crippen molar-refractivity contribution in [3.63, 3.8) is 0 Å². The maximum atomic E-state index is 9.31. The molecule has 0 amide bonds. The van der Waals surface area contributed by atoms with E-state index >= 15 is 0 Å². The van der Waals surface area contributed by atoms with Crippen LogP contribution in [0, 0.1) is 51.4 Å². The first-order chi connectivity index (χ1) is 15.1. The Morgan fingerprint density at radius 1 is 0.968 bits per heavy atom. The smallest absolute Gasteiger partial charge is 0.0850 e. The fraction of sp³-hybridized carbons (Fsp3) is 0.542. The molecule has 1 rings (SSSR count). The van der Waals surface area contributed by atoms with Gasteiger partial charge in [-0.1, -0.05) is 25.1 Å². The van der Waals surface area contributed by atoms with Crippen LogP contribution in [0.5, 0.6) is 0 Å². The van der Waals surface area contributed by atoms with Crippen molar-refractivity contribution in [1.82, 2.24) is 4.90 Å². The second-order valence-electron chi connectivity index (χ2n) is 7.80. The lowest BCUT2D eigenvalue weighted by atomic mass is 9.94. The number of rotatable bonds is 16. The van der Waals surface area contributed by atoms with E-state index in [4.69, 9.17) is 16.5 Å². The van der Waals surface area contributed by atoms with Gasteiger partial charge in [0.1, 0.15) is 0 Å². The summed E-state index contributed by atoms with van der Waals surface area (Å²) < 4.78 is 0. The van der Waals surface area contributed by atoms with Crippen LogP contribution < -0.4 is 5.73 Å². The number of nitrogens with one attached hydrogen (secondary N) is 1. The molecule has 0 aliphatic heterocycles. The largest absolute Gasteiger partial charge is 0.371 e. The molecule has 0 saturated heterocycles. The molecule has 0 bridgehead atoms. The zero-order valence-electron chi connectivity index (χ0n) is 18.3. The zero-order valence-corrected chi connectivity index (χ0v) is 18.3. The lowest BCUT2D eigenvalue weighted by Crippen LogP contribution is -2.33. The second kappa shape index (κ2) is 15.6. The lowest BCUT2D eigenvalue weighted by molar-refractivity contribution is 0.262. The van der Waals surface area contributed by atoms with E-state index in [1.54, 1.807) is 12.1 Å². The van der Waals surface area contributed by atoms with Gasteiger partial charge in [-0.25, -0.2) is 5.53 Å². The van der Waals surface area contributed by atoms with E-state index in [-0.39, 0.29) is 11.8 Å². The van der Waals surface area contributed by atoms with E-state index in [9.17, 15) is 10.5 Å². The zero-order chi connectivity index (χ0) is 22.9. The van der Waals surface area contributed by atoms with Crippen molar-refractivity contribution < 1.29 is 0 Å². The number of benzene rings is 1. The molecule has 2 atom stereocenters. The van der Waals surface area contributed by atoms with Gasteiger partial charge < -0.3 is 10.6 Å². The molecule has 0 spiro atoms. The molecule has 164 valence electrons. The Morgan fingerprint density at radius 2 is 1.55 bits per heavy atom. The fourth-order valence-corrected chi connectivity index (χ4v) is 3.65. The minimum Gasteiger partial charge on any atom is -0.371 e. The normalized spacial score (nSPS) is 12.1. The van der Waals surface area contributed by atoms with Gasteiger partial charge in [0.2, 0.25) is 0 Å². The minimum absolute atomic E-state index is 0.129. The summed E-state index contributed by atoms with van der Waals surface area (Å²) in [4.78, 5) is 2.19. The van der Waals surface area contributed by atoms with Crippen molar-refractivity contribution in [2.75, 3.05) is 19.6 Å². The average molecular weight is 420 g/mol. The Hall–Kier alpha value is -3.21. The van der Waals surface area contributed by atoms with E-state index in [1.807, 2.05) is 12.1 Å². The van der Waals surface area contributed by atoms with Gasteiger partial charge >= 0.3 is 0 Å². The van der Waals surface area contributed by atoms with Crippen molar-refractivity contribution in [1.29, 1.82) is 21.3 Å². The van der Waals surface area contributed by atoms with Crippen LogP contribution >= 0.6 is 0 Å². The first kappa shape index (κ1) is 25.8. The Balaban J connectivity index is 3.05. The number of nitrogens with zero attached hydrogens (tertiary/aromatic N) is 5. The number of nitrogens with two attached hydrogens (primary N) is 1. The molecule has 0 aliphatic rings. The summed E-state index contributed by atoms with van der Waals surface area (Å²) in [5, 5.41) is 30.9. The summed E-state index contributed by atoms with van der Waals surface area (Å²) >= 11 is 0. The van der Waals surface area contributed by atoms with E-state index in [0.717, 1.165) is 43.4 Å². The molecule has 1 aromatic carbocycles. The molecule has 0 saturated carbocycles. The highest BCUT2D eigenvalue weighted by molar-refractivity contribution is 5.63. The molecule has 0 heterocycles. The third-order valence-corrected chi connectivity index (χ3v) is 5.40. The van der Waals surface area contributed by atoms with Crippen LogP contribution in [-0.4, -0.2) is 24.5 Å². The third kappa shape index (κ3) is 9.90. The number of nitriles is 3. The molecule has 0 aromatic heterocycles. The molecule has 2 unspecified atom stereocenters. The molecule has 0 aliphatic carbocycles. The fourth-order valence-electron chi connectivity index (χ4n) is 3.65. The van der Waals surface area contributed by atoms with E-state index in [2.05, 4.69) is 34.8 Å². The topological polar surface area (TPSA) is 137 Å². The predicted molar refractivity (Wildman–Crippen MR) is 122 cm³/mol. The van der Waals surface area contributed by atoms with Gasteiger partial charge in [-0.05, 0) is 61.8 Å². The molecule has 3 N–H and O–H groups in total. The molecule has 1 aromatic rings. The first-order valence-corrected chi connectivity index (χ1v) is 10.8. The monoisotopic (exact) mass is 419 g/mol. The van der Waals surface area contributed by atoms with Crippen LogP contribution in [-0.2, 0) is 0 Å². The van der Waals surface area contributed by atoms with Gasteiger partial charge in [-0.15, -0.1) is 0 Å². The van der Waals surface area contributed by atoms with Gasteiger partial charge in [0.05, 0.1) is 23.9 Å². The summed E-state index contributed by atoms with van der Waals surface area (Å²) in [6.07, 6.45) is 5.77. The molecule has 31 heavy (non-hydrogen) atoms. The Bertz CT molecular complexity index is 795. The maximum absolute atomic E-state index is 9.31. The van der Waals surface area contributed by atoms with Crippen molar-refractivity contribution in [3.8, 4) is 18.2 Å². The molecule has 0 fully saturated rings. The van der Waals surface area contributed by atoms with Crippen LogP contribution in [0.3, 0.4) is 0 Å². The Labute approximate surface area is 186 Å². The van der Waals surface area contributed by atoms with Gasteiger partial charge in [0, 0.05) is 38.0 Å². The quantitative estimate of drug-likeness (QED) is 0.269. The van der Waals surface area contributed by atoms with Crippen LogP contribution in [0.15, 0.2) is 36.0 Å². The van der Waals surface area contributed by atoms with Crippen molar-refractivity contribution in [2.45, 2.75) is 51.4 Å². The maximum Gasteiger partial charge on any atom is 0.0850 e. The minimum atomic E-state index is 0.129. The Morgan fingerprint density at radius 3 is 2.03 bits per heavy atom. The molecule has 7 heteroatoms. The van der Waals surface area contributed by atoms with Gasteiger partial charge in [-0.2, -0.15) is 20.9 Å². The van der Waals surface area contributed by atoms with Gasteiger partial charge in [0.15, 0.2) is 0 Å². The average Bonchev–Trinajstić information content (AvgIpc) is 2.78. The molecular weight excluding hydrogens is 386 g/mol. The van der Waals surface area contributed by atoms with Crippen molar-refractivity contribution >= 4 is 11.4 Å². The summed E-state index contributed by atoms with van der Waals surface area (Å²) in [5.41, 5.74) is 15.1. The summed E-state index contributed by atoms with van der Waals surface area (Å²) in [6, 6.07) is 14.1. The number of hydrogen-bond donors (Lipinski definition) is 2. The van der Waals surface area contributed by atoms with E-state index < -0.39 is 0 Å². The van der Waals surface area contributed by atoms with Crippen LogP contribution in [0.4, 0.5) is 5.69 Å². The van der Waals surface area contributed by atoms with Gasteiger partial charge in [-0.3, -0.25) is 0 Å². The first-order valence-electron chi connectivity index (χ1n) is 10.8. The highest BCUT2D eigenvalue weighted by Crippen LogP contribution is 2.27. The highest BCUT2D eigenvalue weighted by atomic mass is 15.1. The Kier molecular flexibility index (Phi) is 13.0.